The highest BCUT2D eigenvalue weighted by atomic mass is 15.0. The molecule has 7 nitrogen and oxygen atoms in total. The lowest BCUT2D eigenvalue weighted by Gasteiger charge is -2.11. The first-order valence-corrected chi connectivity index (χ1v) is 10.3. The zero-order valence-corrected chi connectivity index (χ0v) is 17.8. The van der Waals surface area contributed by atoms with E-state index in [4.69, 9.17) is 4.98 Å². The van der Waals surface area contributed by atoms with E-state index in [9.17, 15) is 0 Å². The molecule has 0 bridgehead atoms. The highest BCUT2D eigenvalue weighted by Gasteiger charge is 2.09. The van der Waals surface area contributed by atoms with Crippen molar-refractivity contribution in [1.29, 1.82) is 0 Å². The molecule has 1 N–H and O–H groups in total. The minimum atomic E-state index is 0.613. The molecule has 156 valence electrons. The van der Waals surface area contributed by atoms with E-state index in [0.717, 1.165) is 56.1 Å². The van der Waals surface area contributed by atoms with Crippen LogP contribution in [-0.2, 0) is 6.54 Å². The van der Waals surface area contributed by atoms with Crippen LogP contribution >= 0.6 is 0 Å². The van der Waals surface area contributed by atoms with Gasteiger partial charge in [0.1, 0.15) is 11.5 Å². The Labute approximate surface area is 185 Å². The van der Waals surface area contributed by atoms with Gasteiger partial charge in [-0.2, -0.15) is 0 Å². The van der Waals surface area contributed by atoms with Crippen molar-refractivity contribution >= 4 is 16.6 Å². The maximum absolute atomic E-state index is 4.70. The van der Waals surface area contributed by atoms with Gasteiger partial charge in [0.2, 0.25) is 0 Å². The Balaban J connectivity index is 1.38. The lowest BCUT2D eigenvalue weighted by Crippen LogP contribution is -2.04. The molecule has 0 fully saturated rings. The number of nitrogens with one attached hydrogen (secondary N) is 1. The fraction of sp³-hybridized carbons (Fsp3) is 0.120. The van der Waals surface area contributed by atoms with Crippen molar-refractivity contribution in [1.82, 2.24) is 29.9 Å². The molecule has 0 spiro atoms. The summed E-state index contributed by atoms with van der Waals surface area (Å²) in [5.74, 6) is 0.784. The summed E-state index contributed by atoms with van der Waals surface area (Å²) in [7, 11) is 0. The van der Waals surface area contributed by atoms with Crippen LogP contribution < -0.4 is 5.32 Å². The second kappa shape index (κ2) is 8.47. The zero-order valence-electron chi connectivity index (χ0n) is 17.8. The maximum Gasteiger partial charge on any atom is 0.135 e. The molecular weight excluding hydrogens is 398 g/mol. The van der Waals surface area contributed by atoms with Gasteiger partial charge in [-0.15, -0.1) is 0 Å². The van der Waals surface area contributed by atoms with Gasteiger partial charge in [-0.1, -0.05) is 6.07 Å². The van der Waals surface area contributed by atoms with Crippen LogP contribution in [0.15, 0.2) is 73.7 Å². The average molecular weight is 419 g/mol. The molecule has 7 heteroatoms. The Morgan fingerprint density at radius 3 is 2.47 bits per heavy atom. The van der Waals surface area contributed by atoms with Crippen LogP contribution in [0.5, 0.6) is 0 Å². The lowest BCUT2D eigenvalue weighted by atomic mass is 10.1. The maximum atomic E-state index is 4.70. The first-order chi connectivity index (χ1) is 15.7. The van der Waals surface area contributed by atoms with Crippen LogP contribution in [-0.4, -0.2) is 29.9 Å². The van der Waals surface area contributed by atoms with Gasteiger partial charge in [-0.3, -0.25) is 24.9 Å². The number of fused-ring (bicyclic) bond motifs is 1. The lowest BCUT2D eigenvalue weighted by molar-refractivity contribution is 1.08. The quantitative estimate of drug-likeness (QED) is 0.439. The third-order valence-electron chi connectivity index (χ3n) is 5.24. The van der Waals surface area contributed by atoms with E-state index in [1.54, 1.807) is 24.8 Å². The summed E-state index contributed by atoms with van der Waals surface area (Å²) in [5, 5.41) is 5.42. The first kappa shape index (κ1) is 19.7. The summed E-state index contributed by atoms with van der Waals surface area (Å²) in [6, 6.07) is 10.2. The van der Waals surface area contributed by atoms with Gasteiger partial charge in [0, 0.05) is 60.4 Å². The Kier molecular flexibility index (Phi) is 5.21. The van der Waals surface area contributed by atoms with Crippen LogP contribution in [0.4, 0.5) is 5.82 Å². The van der Waals surface area contributed by atoms with Gasteiger partial charge in [0.15, 0.2) is 0 Å². The van der Waals surface area contributed by atoms with Crippen molar-refractivity contribution in [3.05, 3.63) is 90.5 Å². The largest absolute Gasteiger partial charge is 0.365 e. The van der Waals surface area contributed by atoms with E-state index in [1.807, 2.05) is 43.7 Å². The van der Waals surface area contributed by atoms with Crippen LogP contribution in [0, 0.1) is 13.8 Å². The number of hydrogen-bond donors (Lipinski definition) is 1. The highest BCUT2D eigenvalue weighted by molar-refractivity contribution is 5.92. The zero-order chi connectivity index (χ0) is 21.9. The number of aromatic nitrogens is 6. The van der Waals surface area contributed by atoms with Crippen LogP contribution in [0.2, 0.25) is 0 Å². The van der Waals surface area contributed by atoms with E-state index < -0.39 is 0 Å². The van der Waals surface area contributed by atoms with Crippen molar-refractivity contribution in [2.45, 2.75) is 20.4 Å². The molecule has 0 aliphatic rings. The molecule has 0 aliphatic heterocycles. The minimum absolute atomic E-state index is 0.613. The molecule has 0 unspecified atom stereocenters. The van der Waals surface area contributed by atoms with Gasteiger partial charge in [0.05, 0.1) is 17.6 Å². The third kappa shape index (κ3) is 4.00. The van der Waals surface area contributed by atoms with Crippen molar-refractivity contribution < 1.29 is 0 Å². The molecule has 0 saturated heterocycles. The fourth-order valence-electron chi connectivity index (χ4n) is 3.69. The summed E-state index contributed by atoms with van der Waals surface area (Å²) >= 11 is 0. The Bertz CT molecular complexity index is 1400. The van der Waals surface area contributed by atoms with E-state index >= 15 is 0 Å². The number of nitrogens with zero attached hydrogens (tertiary/aromatic N) is 6. The molecule has 0 amide bonds. The first-order valence-electron chi connectivity index (χ1n) is 10.3. The molecule has 5 rings (SSSR count). The van der Waals surface area contributed by atoms with E-state index in [1.165, 1.54) is 0 Å². The summed E-state index contributed by atoms with van der Waals surface area (Å²) in [4.78, 5) is 26.5. The average Bonchev–Trinajstić information content (AvgIpc) is 2.83. The molecule has 5 heterocycles. The number of rotatable bonds is 5. The predicted molar refractivity (Wildman–Crippen MR) is 125 cm³/mol. The van der Waals surface area contributed by atoms with Crippen molar-refractivity contribution in [3.63, 3.8) is 0 Å². The number of hydrogen-bond acceptors (Lipinski definition) is 7. The van der Waals surface area contributed by atoms with Gasteiger partial charge in [-0.25, -0.2) is 4.98 Å². The van der Waals surface area contributed by atoms with Gasteiger partial charge in [-0.05, 0) is 54.6 Å². The van der Waals surface area contributed by atoms with Crippen LogP contribution in [0.1, 0.15) is 16.8 Å². The van der Waals surface area contributed by atoms with E-state index in [-0.39, 0.29) is 0 Å². The SMILES string of the molecule is Cc1cc(-c2ncc(CNc3nccc4cc(-c5cnccn5)ncc34)cc2C)ccn1. The topological polar surface area (TPSA) is 89.4 Å². The molecule has 0 saturated carbocycles. The van der Waals surface area contributed by atoms with Gasteiger partial charge >= 0.3 is 0 Å². The summed E-state index contributed by atoms with van der Waals surface area (Å²) < 4.78 is 0. The molecule has 0 radical (unpaired) electrons. The fourth-order valence-corrected chi connectivity index (χ4v) is 3.69. The second-order valence-corrected chi connectivity index (χ2v) is 7.59. The number of pyridine rings is 4. The molecule has 0 atom stereocenters. The standard InChI is InChI=1S/C25H21N7/c1-16-9-18(12-31-24(16)20-4-5-27-17(2)10-20)13-32-25-21-14-30-22(11-19(21)3-6-29-25)23-15-26-7-8-28-23/h3-12,14-15H,13H2,1-2H3,(H,29,32). The Morgan fingerprint density at radius 2 is 1.66 bits per heavy atom. The Hall–Kier alpha value is -4.26. The minimum Gasteiger partial charge on any atom is -0.365 e. The van der Waals surface area contributed by atoms with Crippen LogP contribution in [0.25, 0.3) is 33.4 Å². The molecule has 0 aromatic carbocycles. The third-order valence-corrected chi connectivity index (χ3v) is 5.24. The summed E-state index contributed by atoms with van der Waals surface area (Å²) in [5.41, 5.74) is 6.76. The predicted octanol–water partition coefficient (Wildman–Crippen LogP) is 4.77. The van der Waals surface area contributed by atoms with Gasteiger partial charge in [0.25, 0.3) is 0 Å². The molecule has 5 aromatic rings. The van der Waals surface area contributed by atoms with E-state index in [0.29, 0.717) is 6.54 Å². The smallest absolute Gasteiger partial charge is 0.135 e. The van der Waals surface area contributed by atoms with Gasteiger partial charge < -0.3 is 5.32 Å². The normalized spacial score (nSPS) is 10.9. The van der Waals surface area contributed by atoms with E-state index in [2.05, 4.69) is 49.3 Å². The molecule has 32 heavy (non-hydrogen) atoms. The van der Waals surface area contributed by atoms with Crippen LogP contribution in [0.3, 0.4) is 0 Å². The summed E-state index contributed by atoms with van der Waals surface area (Å²) in [6.07, 6.45) is 12.4. The second-order valence-electron chi connectivity index (χ2n) is 7.59. The molecule has 0 aliphatic carbocycles. The number of anilines is 1. The Morgan fingerprint density at radius 1 is 0.750 bits per heavy atom. The monoisotopic (exact) mass is 419 g/mol. The molecular formula is C25H21N7. The van der Waals surface area contributed by atoms with Crippen molar-refractivity contribution in [3.8, 4) is 22.6 Å². The highest BCUT2D eigenvalue weighted by Crippen LogP contribution is 2.25. The summed E-state index contributed by atoms with van der Waals surface area (Å²) in [6.45, 7) is 4.68. The van der Waals surface area contributed by atoms with Crippen molar-refractivity contribution in [2.75, 3.05) is 5.32 Å². The number of aryl methyl sites for hydroxylation is 2. The van der Waals surface area contributed by atoms with Crippen molar-refractivity contribution in [2.24, 2.45) is 0 Å². The molecule has 5 aromatic heterocycles.